The van der Waals surface area contributed by atoms with Gasteiger partial charge in [-0.15, -0.1) is 0 Å². The molecule has 0 aliphatic heterocycles. The maximum atomic E-state index is 9.64. The lowest BCUT2D eigenvalue weighted by Crippen LogP contribution is -2.23. The molecule has 102 valence electrons. The van der Waals surface area contributed by atoms with E-state index < -0.39 is 12.2 Å². The summed E-state index contributed by atoms with van der Waals surface area (Å²) >= 11 is 0. The van der Waals surface area contributed by atoms with Gasteiger partial charge in [-0.25, -0.2) is 0 Å². The van der Waals surface area contributed by atoms with Crippen molar-refractivity contribution in [1.82, 2.24) is 0 Å². The summed E-state index contributed by atoms with van der Waals surface area (Å²) in [7, 11) is 0. The highest BCUT2D eigenvalue weighted by atomic mass is 16.5. The monoisotopic (exact) mass is 254 g/mol. The Balaban J connectivity index is 2.39. The topological polar surface area (TPSA) is 58.9 Å². The van der Waals surface area contributed by atoms with Crippen LogP contribution in [-0.2, 0) is 4.74 Å². The van der Waals surface area contributed by atoms with E-state index in [0.717, 1.165) is 5.56 Å². The van der Waals surface area contributed by atoms with Crippen LogP contribution in [0.25, 0.3) is 0 Å². The van der Waals surface area contributed by atoms with Crippen molar-refractivity contribution in [3.05, 3.63) is 29.8 Å². The van der Waals surface area contributed by atoms with Crippen LogP contribution in [0.2, 0.25) is 0 Å². The fraction of sp³-hybridized carbons (Fsp3) is 0.571. The minimum atomic E-state index is -0.620. The third kappa shape index (κ3) is 5.04. The van der Waals surface area contributed by atoms with Gasteiger partial charge in [0.1, 0.15) is 18.5 Å². The molecule has 0 saturated heterocycles. The molecule has 1 aromatic carbocycles. The molecule has 4 heteroatoms. The first-order valence-corrected chi connectivity index (χ1v) is 6.34. The minimum absolute atomic E-state index is 0.204. The molecular weight excluding hydrogens is 232 g/mol. The second-order valence-corrected chi connectivity index (χ2v) is 4.12. The summed E-state index contributed by atoms with van der Waals surface area (Å²) in [6.07, 6.45) is -0.360. The van der Waals surface area contributed by atoms with E-state index in [1.54, 1.807) is 12.1 Å². The molecule has 18 heavy (non-hydrogen) atoms. The van der Waals surface area contributed by atoms with Crippen LogP contribution in [0.5, 0.6) is 5.75 Å². The van der Waals surface area contributed by atoms with Crippen molar-refractivity contribution < 1.29 is 19.7 Å². The molecule has 2 unspecified atom stereocenters. The highest BCUT2D eigenvalue weighted by Gasteiger charge is 2.07. The first-order valence-electron chi connectivity index (χ1n) is 6.34. The first-order chi connectivity index (χ1) is 8.67. The zero-order valence-corrected chi connectivity index (χ0v) is 11.0. The van der Waals surface area contributed by atoms with Crippen LogP contribution in [0, 0.1) is 0 Å². The summed E-state index contributed by atoms with van der Waals surface area (Å²) in [5.74, 6) is 0.678. The van der Waals surface area contributed by atoms with Crippen molar-refractivity contribution in [2.45, 2.75) is 32.5 Å². The Kier molecular flexibility index (Phi) is 6.72. The van der Waals surface area contributed by atoms with E-state index in [4.69, 9.17) is 9.47 Å². The third-order valence-electron chi connectivity index (χ3n) is 2.61. The van der Waals surface area contributed by atoms with E-state index >= 15 is 0 Å². The smallest absolute Gasteiger partial charge is 0.119 e. The van der Waals surface area contributed by atoms with Gasteiger partial charge in [0.25, 0.3) is 0 Å². The molecule has 4 nitrogen and oxygen atoms in total. The van der Waals surface area contributed by atoms with Crippen LogP contribution >= 0.6 is 0 Å². The zero-order chi connectivity index (χ0) is 13.4. The highest BCUT2D eigenvalue weighted by Crippen LogP contribution is 2.19. The molecule has 0 bridgehead atoms. The van der Waals surface area contributed by atoms with Gasteiger partial charge in [0, 0.05) is 6.61 Å². The standard InChI is InChI=1S/C14H22O4/c1-3-14(16)11-5-7-13(8-6-11)18-10-12(15)9-17-4-2/h5-8,12,14-16H,3-4,9-10H2,1-2H3. The van der Waals surface area contributed by atoms with Gasteiger partial charge in [0.2, 0.25) is 0 Å². The average molecular weight is 254 g/mol. The third-order valence-corrected chi connectivity index (χ3v) is 2.61. The Morgan fingerprint density at radius 3 is 2.28 bits per heavy atom. The molecule has 0 spiro atoms. The van der Waals surface area contributed by atoms with E-state index in [1.807, 2.05) is 26.0 Å². The van der Waals surface area contributed by atoms with E-state index in [0.29, 0.717) is 18.8 Å². The Labute approximate surface area is 108 Å². The number of rotatable bonds is 8. The molecule has 0 radical (unpaired) electrons. The van der Waals surface area contributed by atoms with Crippen LogP contribution in [0.4, 0.5) is 0 Å². The van der Waals surface area contributed by atoms with Gasteiger partial charge in [-0.1, -0.05) is 19.1 Å². The van der Waals surface area contributed by atoms with Crippen molar-refractivity contribution in [1.29, 1.82) is 0 Å². The minimum Gasteiger partial charge on any atom is -0.491 e. The van der Waals surface area contributed by atoms with Crippen molar-refractivity contribution in [3.8, 4) is 5.75 Å². The van der Waals surface area contributed by atoms with Gasteiger partial charge in [-0.05, 0) is 31.0 Å². The summed E-state index contributed by atoms with van der Waals surface area (Å²) in [5, 5.41) is 19.2. The predicted molar refractivity (Wildman–Crippen MR) is 69.7 cm³/mol. The Hall–Kier alpha value is -1.10. The van der Waals surface area contributed by atoms with Crippen molar-refractivity contribution >= 4 is 0 Å². The molecule has 2 N–H and O–H groups in total. The molecule has 0 heterocycles. The number of hydrogen-bond donors (Lipinski definition) is 2. The molecule has 1 rings (SSSR count). The van der Waals surface area contributed by atoms with Gasteiger partial charge in [-0.2, -0.15) is 0 Å². The van der Waals surface area contributed by atoms with Gasteiger partial charge in [-0.3, -0.25) is 0 Å². The average Bonchev–Trinajstić information content (AvgIpc) is 2.42. The van der Waals surface area contributed by atoms with Gasteiger partial charge >= 0.3 is 0 Å². The highest BCUT2D eigenvalue weighted by molar-refractivity contribution is 5.28. The number of aliphatic hydroxyl groups is 2. The zero-order valence-electron chi connectivity index (χ0n) is 11.0. The van der Waals surface area contributed by atoms with E-state index in [1.165, 1.54) is 0 Å². The largest absolute Gasteiger partial charge is 0.491 e. The summed E-state index contributed by atoms with van der Waals surface area (Å²) in [6, 6.07) is 7.25. The van der Waals surface area contributed by atoms with Gasteiger partial charge in [0.15, 0.2) is 0 Å². The van der Waals surface area contributed by atoms with E-state index in [-0.39, 0.29) is 13.2 Å². The predicted octanol–water partition coefficient (Wildman–Crippen LogP) is 1.91. The fourth-order valence-electron chi connectivity index (χ4n) is 1.52. The Morgan fingerprint density at radius 1 is 1.06 bits per heavy atom. The van der Waals surface area contributed by atoms with Crippen molar-refractivity contribution in [3.63, 3.8) is 0 Å². The molecule has 2 atom stereocenters. The molecule has 1 aromatic rings. The molecule has 0 aliphatic rings. The summed E-state index contributed by atoms with van der Waals surface area (Å²) in [5.41, 5.74) is 0.875. The lowest BCUT2D eigenvalue weighted by Gasteiger charge is -2.13. The van der Waals surface area contributed by atoms with E-state index in [2.05, 4.69) is 0 Å². The molecular formula is C14H22O4. The van der Waals surface area contributed by atoms with Crippen LogP contribution < -0.4 is 4.74 Å². The molecule has 0 saturated carbocycles. The summed E-state index contributed by atoms with van der Waals surface area (Å²) in [6.45, 7) is 4.88. The van der Waals surface area contributed by atoms with Crippen LogP contribution in [0.3, 0.4) is 0 Å². The normalized spacial score (nSPS) is 14.2. The van der Waals surface area contributed by atoms with Crippen LogP contribution in [0.15, 0.2) is 24.3 Å². The summed E-state index contributed by atoms with van der Waals surface area (Å²) < 4.78 is 10.5. The van der Waals surface area contributed by atoms with Gasteiger partial charge in [0.05, 0.1) is 12.7 Å². The Morgan fingerprint density at radius 2 is 1.72 bits per heavy atom. The fourth-order valence-corrected chi connectivity index (χ4v) is 1.52. The lowest BCUT2D eigenvalue weighted by molar-refractivity contribution is 0.0164. The second-order valence-electron chi connectivity index (χ2n) is 4.12. The quantitative estimate of drug-likeness (QED) is 0.744. The first kappa shape index (κ1) is 15.0. The summed E-state index contributed by atoms with van der Waals surface area (Å²) in [4.78, 5) is 0. The molecule has 0 aliphatic carbocycles. The second kappa shape index (κ2) is 8.08. The molecule has 0 fully saturated rings. The SMILES string of the molecule is CCOCC(O)COc1ccc(C(O)CC)cc1. The van der Waals surface area contributed by atoms with Crippen molar-refractivity contribution in [2.24, 2.45) is 0 Å². The molecule has 0 aromatic heterocycles. The number of benzene rings is 1. The van der Waals surface area contributed by atoms with Crippen LogP contribution in [-0.4, -0.2) is 36.1 Å². The van der Waals surface area contributed by atoms with E-state index in [9.17, 15) is 10.2 Å². The maximum absolute atomic E-state index is 9.64. The van der Waals surface area contributed by atoms with Gasteiger partial charge < -0.3 is 19.7 Å². The number of hydrogen-bond acceptors (Lipinski definition) is 4. The van der Waals surface area contributed by atoms with Crippen molar-refractivity contribution in [2.75, 3.05) is 19.8 Å². The number of aliphatic hydroxyl groups excluding tert-OH is 2. The lowest BCUT2D eigenvalue weighted by atomic mass is 10.1. The Bertz CT molecular complexity index is 323. The molecule has 0 amide bonds. The van der Waals surface area contributed by atoms with Crippen LogP contribution in [0.1, 0.15) is 31.9 Å². The maximum Gasteiger partial charge on any atom is 0.119 e. The number of ether oxygens (including phenoxy) is 2.